The van der Waals surface area contributed by atoms with Gasteiger partial charge in [0.1, 0.15) is 22.8 Å². The number of carbonyl (C=O) groups excluding carboxylic acids is 2. The normalized spacial score (nSPS) is 16.3. The molecule has 1 unspecified atom stereocenters. The van der Waals surface area contributed by atoms with Gasteiger partial charge < -0.3 is 33.7 Å². The Hall–Kier alpha value is -4.73. The number of ketones is 1. The number of Topliss-reactive ketones (excluding diaryl/α,β-unsaturated/α-hetero) is 1. The van der Waals surface area contributed by atoms with Crippen LogP contribution in [0.25, 0.3) is 5.76 Å². The summed E-state index contributed by atoms with van der Waals surface area (Å²) in [6.07, 6.45) is 3.19. The molecule has 2 aromatic carbocycles. The molecule has 1 aliphatic rings. The second-order valence-electron chi connectivity index (χ2n) is 8.28. The van der Waals surface area contributed by atoms with Gasteiger partial charge in [0, 0.05) is 18.9 Å². The number of aliphatic hydroxyl groups is 1. The highest BCUT2D eigenvalue weighted by molar-refractivity contribution is 6.46. The number of ether oxygens (including phenoxy) is 5. The van der Waals surface area contributed by atoms with Gasteiger partial charge in [-0.05, 0) is 47.5 Å². The number of carbonyl (C=O) groups is 2. The van der Waals surface area contributed by atoms with Gasteiger partial charge in [-0.15, -0.1) is 0 Å². The van der Waals surface area contributed by atoms with Gasteiger partial charge in [0.15, 0.2) is 11.5 Å². The summed E-state index contributed by atoms with van der Waals surface area (Å²) in [4.78, 5) is 32.4. The lowest BCUT2D eigenvalue weighted by Gasteiger charge is -2.27. The molecule has 0 spiro atoms. The average Bonchev–Trinajstić information content (AvgIpc) is 3.20. The summed E-state index contributed by atoms with van der Waals surface area (Å²) in [6.45, 7) is 0.0776. The number of methoxy groups -OCH3 is 5. The first-order valence-electron chi connectivity index (χ1n) is 11.6. The summed E-state index contributed by atoms with van der Waals surface area (Å²) in [5.41, 5.74) is 1.22. The number of rotatable bonds is 9. The molecule has 0 radical (unpaired) electrons. The van der Waals surface area contributed by atoms with Crippen molar-refractivity contribution in [2.45, 2.75) is 12.6 Å². The predicted octanol–water partition coefficient (Wildman–Crippen LogP) is 3.75. The molecule has 0 bridgehead atoms. The SMILES string of the molecule is COc1cc(C2/C(=C(\O)c3c(OC)cccc3OC)C(=O)C(=O)N2Cc2ccncc2)cc(OC)c1OC. The lowest BCUT2D eigenvalue weighted by molar-refractivity contribution is -0.140. The first kappa shape index (κ1) is 26.3. The third-order valence-corrected chi connectivity index (χ3v) is 6.31. The van der Waals surface area contributed by atoms with Crippen molar-refractivity contribution >= 4 is 17.4 Å². The molecule has 0 aliphatic carbocycles. The van der Waals surface area contributed by atoms with E-state index in [0.29, 0.717) is 22.8 Å². The summed E-state index contributed by atoms with van der Waals surface area (Å²) in [7, 11) is 7.28. The van der Waals surface area contributed by atoms with Crippen molar-refractivity contribution in [2.75, 3.05) is 35.5 Å². The number of hydrogen-bond donors (Lipinski definition) is 1. The van der Waals surface area contributed by atoms with Gasteiger partial charge in [-0.25, -0.2) is 0 Å². The number of benzene rings is 2. The molecule has 10 nitrogen and oxygen atoms in total. The van der Waals surface area contributed by atoms with Crippen LogP contribution in [0.15, 0.2) is 60.4 Å². The lowest BCUT2D eigenvalue weighted by atomic mass is 9.94. The van der Waals surface area contributed by atoms with Crippen molar-refractivity contribution in [1.82, 2.24) is 9.88 Å². The summed E-state index contributed by atoms with van der Waals surface area (Å²) in [5.74, 6) is -0.543. The van der Waals surface area contributed by atoms with Crippen LogP contribution in [0.1, 0.15) is 22.7 Å². The molecule has 1 amide bonds. The molecule has 1 saturated heterocycles. The Morgan fingerprint density at radius 3 is 1.89 bits per heavy atom. The van der Waals surface area contributed by atoms with Crippen molar-refractivity contribution in [2.24, 2.45) is 0 Å². The highest BCUT2D eigenvalue weighted by Crippen LogP contribution is 2.47. The van der Waals surface area contributed by atoms with Gasteiger partial charge >= 0.3 is 0 Å². The molecule has 1 aromatic heterocycles. The molecule has 1 atom stereocenters. The number of amides is 1. The molecule has 38 heavy (non-hydrogen) atoms. The lowest BCUT2D eigenvalue weighted by Crippen LogP contribution is -2.29. The molecular formula is C28H28N2O8. The van der Waals surface area contributed by atoms with E-state index in [0.717, 1.165) is 5.56 Å². The molecular weight excluding hydrogens is 492 g/mol. The molecule has 4 rings (SSSR count). The van der Waals surface area contributed by atoms with Crippen molar-refractivity contribution in [3.8, 4) is 28.7 Å². The van der Waals surface area contributed by atoms with Gasteiger partial charge in [-0.1, -0.05) is 6.07 Å². The number of likely N-dealkylation sites (tertiary alicyclic amines) is 1. The highest BCUT2D eigenvalue weighted by atomic mass is 16.5. The Morgan fingerprint density at radius 1 is 0.842 bits per heavy atom. The zero-order valence-electron chi connectivity index (χ0n) is 21.7. The van der Waals surface area contributed by atoms with Crippen LogP contribution in [-0.2, 0) is 16.1 Å². The van der Waals surface area contributed by atoms with Gasteiger partial charge in [0.2, 0.25) is 5.75 Å². The molecule has 3 aromatic rings. The van der Waals surface area contributed by atoms with Gasteiger partial charge in [0.25, 0.3) is 11.7 Å². The molecule has 2 heterocycles. The van der Waals surface area contributed by atoms with Crippen molar-refractivity contribution in [3.05, 3.63) is 77.1 Å². The number of hydrogen-bond acceptors (Lipinski definition) is 9. The maximum atomic E-state index is 13.5. The van der Waals surface area contributed by atoms with E-state index in [-0.39, 0.29) is 29.2 Å². The first-order valence-corrected chi connectivity index (χ1v) is 11.6. The number of aliphatic hydroxyl groups excluding tert-OH is 1. The Labute approximate surface area is 220 Å². The van der Waals surface area contributed by atoms with Crippen LogP contribution in [0.3, 0.4) is 0 Å². The first-order chi connectivity index (χ1) is 18.4. The third-order valence-electron chi connectivity index (χ3n) is 6.31. The van der Waals surface area contributed by atoms with E-state index in [1.54, 1.807) is 54.9 Å². The number of pyridine rings is 1. The van der Waals surface area contributed by atoms with Crippen LogP contribution < -0.4 is 23.7 Å². The Kier molecular flexibility index (Phi) is 7.71. The fourth-order valence-corrected chi connectivity index (χ4v) is 4.55. The zero-order valence-corrected chi connectivity index (χ0v) is 21.7. The third kappa shape index (κ3) is 4.56. The topological polar surface area (TPSA) is 117 Å². The van der Waals surface area contributed by atoms with Crippen LogP contribution in [0.2, 0.25) is 0 Å². The minimum atomic E-state index is -1.01. The number of nitrogens with zero attached hydrogens (tertiary/aromatic N) is 2. The minimum Gasteiger partial charge on any atom is -0.506 e. The Balaban J connectivity index is 2.01. The molecule has 198 valence electrons. The molecule has 10 heteroatoms. The van der Waals surface area contributed by atoms with Crippen molar-refractivity contribution in [1.29, 1.82) is 0 Å². The van der Waals surface area contributed by atoms with Crippen LogP contribution >= 0.6 is 0 Å². The fourth-order valence-electron chi connectivity index (χ4n) is 4.55. The van der Waals surface area contributed by atoms with Gasteiger partial charge in [0.05, 0.1) is 47.2 Å². The van der Waals surface area contributed by atoms with E-state index in [2.05, 4.69) is 4.98 Å². The van der Waals surface area contributed by atoms with Crippen LogP contribution in [0, 0.1) is 0 Å². The second-order valence-corrected chi connectivity index (χ2v) is 8.28. The number of aromatic nitrogens is 1. The average molecular weight is 521 g/mol. The molecule has 1 aliphatic heterocycles. The van der Waals surface area contributed by atoms with Gasteiger partial charge in [-0.3, -0.25) is 14.6 Å². The second kappa shape index (κ2) is 11.1. The smallest absolute Gasteiger partial charge is 0.295 e. The molecule has 1 N–H and O–H groups in total. The standard InChI is InChI=1S/C28H28N2O8/c1-34-18-7-6-8-19(35-2)22(18)25(31)23-24(17-13-20(36-3)27(38-5)21(14-17)37-4)30(28(33)26(23)32)15-16-9-11-29-12-10-16/h6-14,24,31H,15H2,1-5H3/b25-23+. The largest absolute Gasteiger partial charge is 0.506 e. The summed E-state index contributed by atoms with van der Waals surface area (Å²) >= 11 is 0. The van der Waals surface area contributed by atoms with E-state index in [9.17, 15) is 14.7 Å². The van der Waals surface area contributed by atoms with E-state index in [1.165, 1.54) is 40.4 Å². The van der Waals surface area contributed by atoms with E-state index in [4.69, 9.17) is 23.7 Å². The van der Waals surface area contributed by atoms with Crippen molar-refractivity contribution in [3.63, 3.8) is 0 Å². The maximum Gasteiger partial charge on any atom is 0.295 e. The summed E-state index contributed by atoms with van der Waals surface area (Å²) < 4.78 is 27.4. The van der Waals surface area contributed by atoms with E-state index < -0.39 is 23.5 Å². The molecule has 0 saturated carbocycles. The highest BCUT2D eigenvalue weighted by Gasteiger charge is 2.47. The fraction of sp³-hybridized carbons (Fsp3) is 0.250. The van der Waals surface area contributed by atoms with Gasteiger partial charge in [-0.2, -0.15) is 0 Å². The van der Waals surface area contributed by atoms with Crippen LogP contribution in [-0.4, -0.2) is 62.2 Å². The van der Waals surface area contributed by atoms with E-state index >= 15 is 0 Å². The van der Waals surface area contributed by atoms with Crippen LogP contribution in [0.5, 0.6) is 28.7 Å². The molecule has 1 fully saturated rings. The van der Waals surface area contributed by atoms with Crippen molar-refractivity contribution < 1.29 is 38.4 Å². The quantitative estimate of drug-likeness (QED) is 0.256. The Bertz CT molecular complexity index is 1340. The maximum absolute atomic E-state index is 13.5. The monoisotopic (exact) mass is 520 g/mol. The predicted molar refractivity (Wildman–Crippen MR) is 138 cm³/mol. The van der Waals surface area contributed by atoms with E-state index in [1.807, 2.05) is 0 Å². The summed E-state index contributed by atoms with van der Waals surface area (Å²) in [5, 5.41) is 11.6. The Morgan fingerprint density at radius 2 is 1.39 bits per heavy atom. The zero-order chi connectivity index (χ0) is 27.4. The minimum absolute atomic E-state index is 0.0776. The van der Waals surface area contributed by atoms with Crippen LogP contribution in [0.4, 0.5) is 0 Å². The summed E-state index contributed by atoms with van der Waals surface area (Å²) in [6, 6.07) is 10.7.